The summed E-state index contributed by atoms with van der Waals surface area (Å²) in [5.74, 6) is 0.680. The number of amides is 1. The fourth-order valence-electron chi connectivity index (χ4n) is 1.92. The second kappa shape index (κ2) is 4.03. The number of carbonyl (C=O) groups excluding carboxylic acids is 1. The molecule has 2 heterocycles. The molecule has 0 N–H and O–H groups in total. The monoisotopic (exact) mass is 226 g/mol. The van der Waals surface area contributed by atoms with E-state index in [1.165, 1.54) is 11.8 Å². The molecule has 0 saturated heterocycles. The van der Waals surface area contributed by atoms with Gasteiger partial charge in [0.25, 0.3) is 5.56 Å². The molecule has 0 fully saturated rings. The van der Waals surface area contributed by atoms with Gasteiger partial charge in [-0.15, -0.1) is 0 Å². The number of methoxy groups -OCH3 is 1. The Kier molecular flexibility index (Phi) is 2.72. The van der Waals surface area contributed by atoms with E-state index in [9.17, 15) is 9.59 Å². The zero-order valence-electron chi connectivity index (χ0n) is 9.36. The van der Waals surface area contributed by atoms with Crippen LogP contribution >= 0.6 is 0 Å². The van der Waals surface area contributed by atoms with Crippen molar-refractivity contribution in [2.75, 3.05) is 20.2 Å². The predicted molar refractivity (Wildman–Crippen MR) is 55.3 cm³/mol. The van der Waals surface area contributed by atoms with Crippen LogP contribution in [0.1, 0.15) is 11.3 Å². The number of aryl methyl sites for hydroxylation is 1. The van der Waals surface area contributed by atoms with Crippen molar-refractivity contribution < 1.29 is 14.1 Å². The molecule has 0 bridgehead atoms. The minimum Gasteiger partial charge on any atom is -0.453 e. The number of carbonyl (C=O) groups is 1. The van der Waals surface area contributed by atoms with Gasteiger partial charge in [-0.1, -0.05) is 0 Å². The minimum absolute atomic E-state index is 0.110. The molecular formula is C10H14N2O4. The summed E-state index contributed by atoms with van der Waals surface area (Å²) in [5, 5.41) is 0. The maximum atomic E-state index is 11.6. The molecule has 0 atom stereocenters. The Morgan fingerprint density at radius 3 is 2.75 bits per heavy atom. The van der Waals surface area contributed by atoms with Crippen LogP contribution in [0.25, 0.3) is 0 Å². The van der Waals surface area contributed by atoms with Crippen LogP contribution in [0.15, 0.2) is 9.32 Å². The molecule has 0 unspecified atom stereocenters. The lowest BCUT2D eigenvalue weighted by Gasteiger charge is -2.17. The average molecular weight is 226 g/mol. The van der Waals surface area contributed by atoms with E-state index in [0.29, 0.717) is 37.3 Å². The van der Waals surface area contributed by atoms with E-state index in [2.05, 4.69) is 4.74 Å². The maximum Gasteiger partial charge on any atom is 0.409 e. The zero-order chi connectivity index (χ0) is 11.7. The van der Waals surface area contributed by atoms with Crippen LogP contribution in [0.3, 0.4) is 0 Å². The molecule has 1 amide bonds. The Balaban J connectivity index is 2.20. The number of ether oxygens (including phenoxy) is 1. The van der Waals surface area contributed by atoms with E-state index < -0.39 is 0 Å². The summed E-state index contributed by atoms with van der Waals surface area (Å²) in [4.78, 5) is 24.6. The SMILES string of the molecule is COC(=O)N1CCc2on(C)c(=O)c2CC1. The standard InChI is InChI=1S/C10H14N2O4/c1-11-9(13)7-3-5-12(10(14)15-2)6-4-8(7)16-11/h3-6H2,1-2H3. The molecule has 1 aromatic rings. The van der Waals surface area contributed by atoms with Crippen molar-refractivity contribution in [1.82, 2.24) is 9.64 Å². The van der Waals surface area contributed by atoms with Gasteiger partial charge < -0.3 is 14.2 Å². The largest absolute Gasteiger partial charge is 0.453 e. The summed E-state index contributed by atoms with van der Waals surface area (Å²) in [5.41, 5.74) is 0.565. The van der Waals surface area contributed by atoms with Crippen LogP contribution in [0.2, 0.25) is 0 Å². The number of hydrogen-bond acceptors (Lipinski definition) is 4. The highest BCUT2D eigenvalue weighted by Gasteiger charge is 2.23. The van der Waals surface area contributed by atoms with Crippen molar-refractivity contribution in [3.63, 3.8) is 0 Å². The normalized spacial score (nSPS) is 15.5. The molecule has 88 valence electrons. The Hall–Kier alpha value is -1.72. The van der Waals surface area contributed by atoms with E-state index in [4.69, 9.17) is 4.52 Å². The van der Waals surface area contributed by atoms with Gasteiger partial charge in [-0.25, -0.2) is 4.79 Å². The quantitative estimate of drug-likeness (QED) is 0.631. The third-order valence-corrected chi connectivity index (χ3v) is 2.80. The molecule has 0 spiro atoms. The topological polar surface area (TPSA) is 64.7 Å². The molecule has 0 saturated carbocycles. The third-order valence-electron chi connectivity index (χ3n) is 2.80. The lowest BCUT2D eigenvalue weighted by Crippen LogP contribution is -2.33. The van der Waals surface area contributed by atoms with Gasteiger partial charge in [0, 0.05) is 26.6 Å². The van der Waals surface area contributed by atoms with Crippen LogP contribution in [0.5, 0.6) is 0 Å². The van der Waals surface area contributed by atoms with Crippen molar-refractivity contribution in [1.29, 1.82) is 0 Å². The van der Waals surface area contributed by atoms with Gasteiger partial charge in [0.15, 0.2) is 0 Å². The van der Waals surface area contributed by atoms with Crippen LogP contribution in [0.4, 0.5) is 4.79 Å². The Morgan fingerprint density at radius 2 is 2.06 bits per heavy atom. The average Bonchev–Trinajstić information content (AvgIpc) is 2.47. The molecule has 6 heteroatoms. The fraction of sp³-hybridized carbons (Fsp3) is 0.600. The number of aromatic nitrogens is 1. The van der Waals surface area contributed by atoms with Crippen molar-refractivity contribution in [2.24, 2.45) is 7.05 Å². The summed E-state index contributed by atoms with van der Waals surface area (Å²) in [6, 6.07) is 0. The lowest BCUT2D eigenvalue weighted by molar-refractivity contribution is 0.124. The smallest absolute Gasteiger partial charge is 0.409 e. The van der Waals surface area contributed by atoms with Gasteiger partial charge in [-0.05, 0) is 6.42 Å². The van der Waals surface area contributed by atoms with Gasteiger partial charge in [0.2, 0.25) is 0 Å². The van der Waals surface area contributed by atoms with E-state index in [0.717, 1.165) is 0 Å². The third kappa shape index (κ3) is 1.70. The number of hydrogen-bond donors (Lipinski definition) is 0. The summed E-state index contributed by atoms with van der Waals surface area (Å²) in [6.45, 7) is 1.01. The van der Waals surface area contributed by atoms with Gasteiger partial charge in [0.05, 0.1) is 12.7 Å². The molecule has 0 aliphatic carbocycles. The van der Waals surface area contributed by atoms with Gasteiger partial charge >= 0.3 is 6.09 Å². The maximum absolute atomic E-state index is 11.6. The van der Waals surface area contributed by atoms with Gasteiger partial charge in [-0.2, -0.15) is 4.74 Å². The van der Waals surface area contributed by atoms with Crippen LogP contribution in [-0.2, 0) is 24.6 Å². The van der Waals surface area contributed by atoms with Crippen molar-refractivity contribution in [3.05, 3.63) is 21.7 Å². The molecule has 6 nitrogen and oxygen atoms in total. The van der Waals surface area contributed by atoms with Crippen molar-refractivity contribution in [2.45, 2.75) is 12.8 Å². The lowest BCUT2D eigenvalue weighted by atomic mass is 10.2. The molecule has 2 rings (SSSR count). The van der Waals surface area contributed by atoms with Crippen LogP contribution in [-0.4, -0.2) is 35.9 Å². The Labute approximate surface area is 92.4 Å². The van der Waals surface area contributed by atoms with Crippen LogP contribution < -0.4 is 5.56 Å². The molecular weight excluding hydrogens is 212 g/mol. The molecule has 1 aliphatic heterocycles. The van der Waals surface area contributed by atoms with E-state index in [1.807, 2.05) is 0 Å². The zero-order valence-corrected chi connectivity index (χ0v) is 9.36. The number of fused-ring (bicyclic) bond motifs is 1. The van der Waals surface area contributed by atoms with E-state index in [1.54, 1.807) is 11.9 Å². The minimum atomic E-state index is -0.359. The molecule has 1 aromatic heterocycles. The first kappa shape index (κ1) is 10.8. The van der Waals surface area contributed by atoms with Gasteiger partial charge in [0.1, 0.15) is 5.76 Å². The summed E-state index contributed by atoms with van der Waals surface area (Å²) in [6.07, 6.45) is 0.718. The molecule has 0 radical (unpaired) electrons. The van der Waals surface area contributed by atoms with E-state index in [-0.39, 0.29) is 11.7 Å². The molecule has 1 aliphatic rings. The highest BCUT2D eigenvalue weighted by Crippen LogP contribution is 2.13. The fourth-order valence-corrected chi connectivity index (χ4v) is 1.92. The van der Waals surface area contributed by atoms with Crippen molar-refractivity contribution >= 4 is 6.09 Å². The number of rotatable bonds is 0. The highest BCUT2D eigenvalue weighted by molar-refractivity contribution is 5.67. The van der Waals surface area contributed by atoms with Gasteiger partial charge in [-0.3, -0.25) is 4.79 Å². The first-order valence-corrected chi connectivity index (χ1v) is 5.14. The molecule has 16 heavy (non-hydrogen) atoms. The summed E-state index contributed by atoms with van der Waals surface area (Å²) < 4.78 is 11.2. The summed E-state index contributed by atoms with van der Waals surface area (Å²) in [7, 11) is 2.94. The first-order chi connectivity index (χ1) is 7.63. The Bertz CT molecular complexity index is 460. The molecule has 0 aromatic carbocycles. The van der Waals surface area contributed by atoms with E-state index >= 15 is 0 Å². The second-order valence-electron chi connectivity index (χ2n) is 3.75. The van der Waals surface area contributed by atoms with Crippen LogP contribution in [0, 0.1) is 0 Å². The second-order valence-corrected chi connectivity index (χ2v) is 3.75. The number of nitrogens with zero attached hydrogens (tertiary/aromatic N) is 2. The first-order valence-electron chi connectivity index (χ1n) is 5.14. The highest BCUT2D eigenvalue weighted by atomic mass is 16.5. The van der Waals surface area contributed by atoms with Crippen molar-refractivity contribution in [3.8, 4) is 0 Å². The Morgan fingerprint density at radius 1 is 1.38 bits per heavy atom. The summed E-state index contributed by atoms with van der Waals surface area (Å²) >= 11 is 0. The predicted octanol–water partition coefficient (Wildman–Crippen LogP) is 0.145.